The number of halogens is 1. The Bertz CT molecular complexity index is 582. The van der Waals surface area contributed by atoms with Crippen LogP contribution in [0.2, 0.25) is 0 Å². The minimum atomic E-state index is -0.677. The van der Waals surface area contributed by atoms with Crippen molar-refractivity contribution in [2.24, 2.45) is 0 Å². The van der Waals surface area contributed by atoms with E-state index >= 15 is 0 Å². The molecule has 94 valence electrons. The smallest absolute Gasteiger partial charge is 0.272 e. The van der Waals surface area contributed by atoms with E-state index in [0.29, 0.717) is 6.54 Å². The monoisotopic (exact) mass is 250 g/mol. The van der Waals surface area contributed by atoms with Gasteiger partial charge in [-0.15, -0.1) is 0 Å². The molecule has 0 fully saturated rings. The summed E-state index contributed by atoms with van der Waals surface area (Å²) in [7, 11) is 1.78. The molecule has 0 aliphatic carbocycles. The first-order valence-electron chi connectivity index (χ1n) is 5.25. The van der Waals surface area contributed by atoms with E-state index in [9.17, 15) is 14.5 Å². The lowest BCUT2D eigenvalue weighted by Crippen LogP contribution is -2.07. The highest BCUT2D eigenvalue weighted by Gasteiger charge is 2.12. The Morgan fingerprint density at radius 2 is 2.28 bits per heavy atom. The average molecular weight is 250 g/mol. The highest BCUT2D eigenvalue weighted by molar-refractivity contribution is 5.42. The number of nitro groups is 1. The van der Waals surface area contributed by atoms with Crippen LogP contribution in [0.1, 0.15) is 5.69 Å². The second-order valence-electron chi connectivity index (χ2n) is 3.67. The van der Waals surface area contributed by atoms with Gasteiger partial charge in [0.05, 0.1) is 16.7 Å². The second kappa shape index (κ2) is 4.92. The molecule has 1 N–H and O–H groups in total. The molecule has 18 heavy (non-hydrogen) atoms. The maximum Gasteiger partial charge on any atom is 0.272 e. The number of hydrogen-bond donors (Lipinski definition) is 1. The van der Waals surface area contributed by atoms with E-state index in [0.717, 1.165) is 11.8 Å². The van der Waals surface area contributed by atoms with Gasteiger partial charge in [0.15, 0.2) is 5.82 Å². The van der Waals surface area contributed by atoms with E-state index < -0.39 is 10.7 Å². The number of aromatic nitrogens is 2. The molecule has 0 bridgehead atoms. The highest BCUT2D eigenvalue weighted by atomic mass is 19.1. The average Bonchev–Trinajstić information content (AvgIpc) is 2.77. The van der Waals surface area contributed by atoms with E-state index in [1.807, 2.05) is 0 Å². The van der Waals surface area contributed by atoms with Gasteiger partial charge in [-0.25, -0.2) is 9.07 Å². The van der Waals surface area contributed by atoms with Crippen molar-refractivity contribution >= 4 is 5.69 Å². The van der Waals surface area contributed by atoms with Gasteiger partial charge >= 0.3 is 0 Å². The minimum Gasteiger partial charge on any atom is -0.314 e. The van der Waals surface area contributed by atoms with Crippen molar-refractivity contribution in [2.75, 3.05) is 7.05 Å². The fraction of sp³-hybridized carbons (Fsp3) is 0.182. The summed E-state index contributed by atoms with van der Waals surface area (Å²) in [6.07, 6.45) is 1.61. The van der Waals surface area contributed by atoms with Crippen LogP contribution in [0.5, 0.6) is 0 Å². The van der Waals surface area contributed by atoms with Crippen LogP contribution in [0.15, 0.2) is 30.5 Å². The molecule has 1 aromatic carbocycles. The fourth-order valence-corrected chi connectivity index (χ4v) is 1.57. The molecular formula is C11H11FN4O2. The van der Waals surface area contributed by atoms with Gasteiger partial charge in [0.1, 0.15) is 5.69 Å². The standard InChI is InChI=1S/C11H11FN4O2/c1-13-7-8-4-5-15(14-8)11-3-2-9(16(17)18)6-10(11)12/h2-6,13H,7H2,1H3. The van der Waals surface area contributed by atoms with Crippen molar-refractivity contribution in [3.63, 3.8) is 0 Å². The second-order valence-corrected chi connectivity index (χ2v) is 3.67. The summed E-state index contributed by atoms with van der Waals surface area (Å²) in [6.45, 7) is 0.571. The predicted octanol–water partition coefficient (Wildman–Crippen LogP) is 1.64. The molecule has 1 heterocycles. The van der Waals surface area contributed by atoms with Crippen molar-refractivity contribution in [1.82, 2.24) is 15.1 Å². The first-order valence-corrected chi connectivity index (χ1v) is 5.25. The van der Waals surface area contributed by atoms with Crippen LogP contribution in [0.4, 0.5) is 10.1 Å². The van der Waals surface area contributed by atoms with Gasteiger partial charge in [-0.2, -0.15) is 5.10 Å². The number of nitrogens with one attached hydrogen (secondary N) is 1. The van der Waals surface area contributed by atoms with Gasteiger partial charge in [-0.1, -0.05) is 0 Å². The Hall–Kier alpha value is -2.28. The fourth-order valence-electron chi connectivity index (χ4n) is 1.57. The summed E-state index contributed by atoms with van der Waals surface area (Å²) in [6, 6.07) is 5.22. The van der Waals surface area contributed by atoms with Crippen molar-refractivity contribution in [3.05, 3.63) is 52.1 Å². The molecule has 0 saturated carbocycles. The molecule has 0 radical (unpaired) electrons. The van der Waals surface area contributed by atoms with Crippen LogP contribution in [0.25, 0.3) is 5.69 Å². The van der Waals surface area contributed by atoms with Gasteiger partial charge < -0.3 is 5.32 Å². The predicted molar refractivity (Wildman–Crippen MR) is 62.9 cm³/mol. The summed E-state index contributed by atoms with van der Waals surface area (Å²) in [5.74, 6) is -0.677. The van der Waals surface area contributed by atoms with Crippen molar-refractivity contribution < 1.29 is 9.31 Å². The number of hydrogen-bond acceptors (Lipinski definition) is 4. The Labute approximate surface area is 102 Å². The van der Waals surface area contributed by atoms with E-state index in [1.165, 1.54) is 16.8 Å². The Kier molecular flexibility index (Phi) is 3.33. The number of nitro benzene ring substituents is 1. The van der Waals surface area contributed by atoms with E-state index in [1.54, 1.807) is 19.3 Å². The molecule has 2 rings (SSSR count). The zero-order chi connectivity index (χ0) is 13.1. The summed E-state index contributed by atoms with van der Waals surface area (Å²) in [5.41, 5.74) is 0.664. The summed E-state index contributed by atoms with van der Waals surface area (Å²) < 4.78 is 15.1. The molecule has 6 nitrogen and oxygen atoms in total. The lowest BCUT2D eigenvalue weighted by Gasteiger charge is -2.02. The maximum absolute atomic E-state index is 13.7. The molecule has 0 amide bonds. The van der Waals surface area contributed by atoms with Gasteiger partial charge in [-0.05, 0) is 19.2 Å². The first-order chi connectivity index (χ1) is 8.61. The van der Waals surface area contributed by atoms with E-state index in [4.69, 9.17) is 0 Å². The van der Waals surface area contributed by atoms with Crippen LogP contribution in [0, 0.1) is 15.9 Å². The summed E-state index contributed by atoms with van der Waals surface area (Å²) in [4.78, 5) is 9.86. The SMILES string of the molecule is CNCc1ccn(-c2ccc([N+](=O)[O-])cc2F)n1. The Morgan fingerprint density at radius 3 is 2.89 bits per heavy atom. The van der Waals surface area contributed by atoms with Gasteiger partial charge in [-0.3, -0.25) is 10.1 Å². The first kappa shape index (κ1) is 12.2. The van der Waals surface area contributed by atoms with Gasteiger partial charge in [0.25, 0.3) is 5.69 Å². The molecule has 0 atom stereocenters. The molecule has 0 unspecified atom stereocenters. The van der Waals surface area contributed by atoms with Crippen molar-refractivity contribution in [1.29, 1.82) is 0 Å². The van der Waals surface area contributed by atoms with Crippen molar-refractivity contribution in [2.45, 2.75) is 6.54 Å². The number of nitrogens with zero attached hydrogens (tertiary/aromatic N) is 3. The molecular weight excluding hydrogens is 239 g/mol. The maximum atomic E-state index is 13.7. The molecule has 7 heteroatoms. The number of benzene rings is 1. The van der Waals surface area contributed by atoms with E-state index in [-0.39, 0.29) is 11.4 Å². The number of rotatable bonds is 4. The summed E-state index contributed by atoms with van der Waals surface area (Å²) >= 11 is 0. The third kappa shape index (κ3) is 2.35. The normalized spacial score (nSPS) is 10.6. The lowest BCUT2D eigenvalue weighted by molar-refractivity contribution is -0.385. The topological polar surface area (TPSA) is 73.0 Å². The Morgan fingerprint density at radius 1 is 1.50 bits per heavy atom. The molecule has 0 aliphatic rings. The molecule has 0 spiro atoms. The van der Waals surface area contributed by atoms with Crippen LogP contribution in [0.3, 0.4) is 0 Å². The van der Waals surface area contributed by atoms with Gasteiger partial charge in [0, 0.05) is 18.8 Å². The zero-order valence-electron chi connectivity index (χ0n) is 9.63. The quantitative estimate of drug-likeness (QED) is 0.661. The molecule has 1 aromatic heterocycles. The Balaban J connectivity index is 2.35. The van der Waals surface area contributed by atoms with Crippen LogP contribution in [-0.4, -0.2) is 21.8 Å². The van der Waals surface area contributed by atoms with Crippen LogP contribution in [-0.2, 0) is 6.54 Å². The van der Waals surface area contributed by atoms with Crippen molar-refractivity contribution in [3.8, 4) is 5.69 Å². The third-order valence-corrected chi connectivity index (χ3v) is 2.39. The number of non-ortho nitro benzene ring substituents is 1. The summed E-state index contributed by atoms with van der Waals surface area (Å²) in [5, 5.41) is 17.6. The zero-order valence-corrected chi connectivity index (χ0v) is 9.63. The van der Waals surface area contributed by atoms with E-state index in [2.05, 4.69) is 10.4 Å². The minimum absolute atomic E-state index is 0.183. The van der Waals surface area contributed by atoms with Gasteiger partial charge in [0.2, 0.25) is 0 Å². The third-order valence-electron chi connectivity index (χ3n) is 2.39. The van der Waals surface area contributed by atoms with Crippen LogP contribution < -0.4 is 5.32 Å². The largest absolute Gasteiger partial charge is 0.314 e. The molecule has 0 saturated heterocycles. The highest BCUT2D eigenvalue weighted by Crippen LogP contribution is 2.19. The molecule has 2 aromatic rings. The van der Waals surface area contributed by atoms with Crippen LogP contribution >= 0.6 is 0 Å². The molecule has 0 aliphatic heterocycles. The lowest BCUT2D eigenvalue weighted by atomic mass is 10.2.